The van der Waals surface area contributed by atoms with E-state index in [1.54, 1.807) is 0 Å². The summed E-state index contributed by atoms with van der Waals surface area (Å²) >= 11 is 0. The van der Waals surface area contributed by atoms with E-state index in [-0.39, 0.29) is 24.4 Å². The Labute approximate surface area is 110 Å². The van der Waals surface area contributed by atoms with Crippen LogP contribution in [-0.2, 0) is 9.31 Å². The first-order valence-electron chi connectivity index (χ1n) is 7.03. The van der Waals surface area contributed by atoms with Gasteiger partial charge in [-0.15, -0.1) is 0 Å². The summed E-state index contributed by atoms with van der Waals surface area (Å²) in [5.74, 6) is 1.14. The summed E-state index contributed by atoms with van der Waals surface area (Å²) in [5, 5.41) is 9.66. The number of hydrogen-bond donors (Lipinski definition) is 1. The van der Waals surface area contributed by atoms with Gasteiger partial charge in [0.2, 0.25) is 0 Å². The van der Waals surface area contributed by atoms with Crippen molar-refractivity contribution in [1.82, 2.24) is 0 Å². The standard InChI is InChI=1S/C14H23BO3/c1-13(2)14(3,4)18-15(17-13)11-5-9-7-12(16)8-10(9)6-11/h5,9-10,12,16H,6-8H2,1-4H3/t9-,10+,12+/m0/s1. The van der Waals surface area contributed by atoms with Gasteiger partial charge in [0, 0.05) is 0 Å². The summed E-state index contributed by atoms with van der Waals surface area (Å²) in [4.78, 5) is 0. The van der Waals surface area contributed by atoms with Crippen LogP contribution in [0, 0.1) is 11.8 Å². The average Bonchev–Trinajstić information content (AvgIpc) is 2.77. The number of hydrogen-bond acceptors (Lipinski definition) is 3. The fraction of sp³-hybridized carbons (Fsp3) is 0.857. The summed E-state index contributed by atoms with van der Waals surface area (Å²) in [7, 11) is -0.183. The van der Waals surface area contributed by atoms with Crippen LogP contribution in [0.25, 0.3) is 0 Å². The molecule has 0 aromatic rings. The number of aliphatic hydroxyl groups excluding tert-OH is 1. The molecule has 3 nitrogen and oxygen atoms in total. The number of rotatable bonds is 1. The van der Waals surface area contributed by atoms with E-state index < -0.39 is 0 Å². The molecule has 0 bridgehead atoms. The van der Waals surface area contributed by atoms with E-state index in [2.05, 4.69) is 33.8 Å². The smallest absolute Gasteiger partial charge is 0.400 e. The molecule has 0 spiro atoms. The van der Waals surface area contributed by atoms with E-state index in [9.17, 15) is 5.11 Å². The van der Waals surface area contributed by atoms with Gasteiger partial charge in [0.15, 0.2) is 0 Å². The summed E-state index contributed by atoms with van der Waals surface area (Å²) in [6.07, 6.45) is 5.07. The Balaban J connectivity index is 1.74. The molecule has 0 unspecified atom stereocenters. The second kappa shape index (κ2) is 3.84. The Morgan fingerprint density at radius 1 is 1.17 bits per heavy atom. The van der Waals surface area contributed by atoms with Crippen molar-refractivity contribution in [2.75, 3.05) is 0 Å². The lowest BCUT2D eigenvalue weighted by molar-refractivity contribution is 0.00578. The molecule has 1 heterocycles. The van der Waals surface area contributed by atoms with Crippen LogP contribution in [0.5, 0.6) is 0 Å². The van der Waals surface area contributed by atoms with Gasteiger partial charge in [-0.05, 0) is 64.3 Å². The molecule has 3 aliphatic rings. The van der Waals surface area contributed by atoms with Crippen LogP contribution in [0.3, 0.4) is 0 Å². The summed E-state index contributed by atoms with van der Waals surface area (Å²) < 4.78 is 12.2. The molecule has 1 saturated carbocycles. The first-order valence-corrected chi connectivity index (χ1v) is 7.03. The van der Waals surface area contributed by atoms with Gasteiger partial charge < -0.3 is 14.4 Å². The first-order chi connectivity index (χ1) is 8.28. The third-order valence-electron chi connectivity index (χ3n) is 5.21. The highest BCUT2D eigenvalue weighted by Crippen LogP contribution is 2.47. The molecule has 18 heavy (non-hydrogen) atoms. The van der Waals surface area contributed by atoms with Crippen LogP contribution in [0.4, 0.5) is 0 Å². The number of allylic oxidation sites excluding steroid dienone is 2. The molecule has 0 amide bonds. The van der Waals surface area contributed by atoms with Crippen molar-refractivity contribution in [3.05, 3.63) is 11.5 Å². The molecule has 4 heteroatoms. The van der Waals surface area contributed by atoms with Gasteiger partial charge in [-0.1, -0.05) is 6.08 Å². The Morgan fingerprint density at radius 2 is 1.78 bits per heavy atom. The van der Waals surface area contributed by atoms with Crippen molar-refractivity contribution in [3.63, 3.8) is 0 Å². The Kier molecular flexibility index (Phi) is 2.71. The average molecular weight is 250 g/mol. The molecule has 0 radical (unpaired) electrons. The maximum atomic E-state index is 9.66. The first kappa shape index (κ1) is 12.7. The van der Waals surface area contributed by atoms with Gasteiger partial charge in [-0.3, -0.25) is 0 Å². The monoisotopic (exact) mass is 250 g/mol. The molecule has 0 aromatic heterocycles. The van der Waals surface area contributed by atoms with E-state index in [1.807, 2.05) is 0 Å². The highest BCUT2D eigenvalue weighted by molar-refractivity contribution is 6.54. The highest BCUT2D eigenvalue weighted by Gasteiger charge is 2.54. The lowest BCUT2D eigenvalue weighted by Crippen LogP contribution is -2.41. The zero-order valence-corrected chi connectivity index (χ0v) is 11.8. The minimum Gasteiger partial charge on any atom is -0.400 e. The van der Waals surface area contributed by atoms with Crippen molar-refractivity contribution in [1.29, 1.82) is 0 Å². The quantitative estimate of drug-likeness (QED) is 0.726. The molecule has 3 rings (SSSR count). The third-order valence-corrected chi connectivity index (χ3v) is 5.21. The van der Waals surface area contributed by atoms with E-state index in [1.165, 1.54) is 5.47 Å². The van der Waals surface area contributed by atoms with Crippen LogP contribution >= 0.6 is 0 Å². The topological polar surface area (TPSA) is 38.7 Å². The van der Waals surface area contributed by atoms with Crippen molar-refractivity contribution in [2.24, 2.45) is 11.8 Å². The van der Waals surface area contributed by atoms with Gasteiger partial charge in [0.1, 0.15) is 0 Å². The molecule has 1 aliphatic heterocycles. The van der Waals surface area contributed by atoms with Crippen LogP contribution < -0.4 is 0 Å². The molecule has 100 valence electrons. The lowest BCUT2D eigenvalue weighted by Gasteiger charge is -2.32. The van der Waals surface area contributed by atoms with Gasteiger partial charge in [-0.25, -0.2) is 0 Å². The fourth-order valence-electron chi connectivity index (χ4n) is 3.38. The van der Waals surface area contributed by atoms with E-state index >= 15 is 0 Å². The summed E-state index contributed by atoms with van der Waals surface area (Å²) in [6.45, 7) is 8.36. The zero-order valence-electron chi connectivity index (χ0n) is 11.8. The second-order valence-electron chi connectivity index (χ2n) is 7.08. The van der Waals surface area contributed by atoms with E-state index in [0.717, 1.165) is 19.3 Å². The molecule has 1 saturated heterocycles. The van der Waals surface area contributed by atoms with Crippen LogP contribution in [0.15, 0.2) is 11.5 Å². The normalized spacial score (nSPS) is 41.1. The molecular weight excluding hydrogens is 227 g/mol. The molecular formula is C14H23BO3. The molecule has 1 N–H and O–H groups in total. The number of aliphatic hydroxyl groups is 1. The summed E-state index contributed by atoms with van der Waals surface area (Å²) in [5.41, 5.74) is 0.779. The molecule has 2 fully saturated rings. The van der Waals surface area contributed by atoms with Gasteiger partial charge in [0.05, 0.1) is 17.3 Å². The predicted octanol–water partition coefficient (Wildman–Crippen LogP) is 2.33. The SMILES string of the molecule is CC1(C)OB(C2=C[C@H]3C[C@@H](O)C[C@H]3C2)OC1(C)C. The van der Waals surface area contributed by atoms with Gasteiger partial charge in [0.25, 0.3) is 0 Å². The Bertz CT molecular complexity index is 373. The minimum atomic E-state index is -0.254. The predicted molar refractivity (Wildman–Crippen MR) is 71.0 cm³/mol. The molecule has 2 aliphatic carbocycles. The second-order valence-corrected chi connectivity index (χ2v) is 7.08. The van der Waals surface area contributed by atoms with Crippen molar-refractivity contribution < 1.29 is 14.4 Å². The maximum absolute atomic E-state index is 9.66. The van der Waals surface area contributed by atoms with Crippen molar-refractivity contribution in [2.45, 2.75) is 64.3 Å². The van der Waals surface area contributed by atoms with Crippen LogP contribution in [-0.4, -0.2) is 29.5 Å². The van der Waals surface area contributed by atoms with Crippen molar-refractivity contribution >= 4 is 7.12 Å². The van der Waals surface area contributed by atoms with Gasteiger partial charge >= 0.3 is 7.12 Å². The maximum Gasteiger partial charge on any atom is 0.490 e. The van der Waals surface area contributed by atoms with Crippen LogP contribution in [0.2, 0.25) is 0 Å². The number of fused-ring (bicyclic) bond motifs is 1. The largest absolute Gasteiger partial charge is 0.490 e. The molecule has 0 aromatic carbocycles. The Morgan fingerprint density at radius 3 is 2.33 bits per heavy atom. The lowest BCUT2D eigenvalue weighted by atomic mass is 9.76. The third kappa shape index (κ3) is 1.86. The summed E-state index contributed by atoms with van der Waals surface area (Å²) in [6, 6.07) is 0. The fourth-order valence-corrected chi connectivity index (χ4v) is 3.38. The van der Waals surface area contributed by atoms with Crippen molar-refractivity contribution in [3.8, 4) is 0 Å². The molecule has 3 atom stereocenters. The van der Waals surface area contributed by atoms with E-state index in [0.29, 0.717) is 11.8 Å². The minimum absolute atomic E-state index is 0.101. The zero-order chi connectivity index (χ0) is 13.1. The Hall–Kier alpha value is -0.315. The highest BCUT2D eigenvalue weighted by atomic mass is 16.7. The van der Waals surface area contributed by atoms with Gasteiger partial charge in [-0.2, -0.15) is 0 Å². The van der Waals surface area contributed by atoms with Crippen LogP contribution in [0.1, 0.15) is 47.0 Å². The van der Waals surface area contributed by atoms with E-state index in [4.69, 9.17) is 9.31 Å².